The maximum Gasteiger partial charge on any atom is 0.321 e. The van der Waals surface area contributed by atoms with Crippen molar-refractivity contribution in [3.05, 3.63) is 11.8 Å². The van der Waals surface area contributed by atoms with E-state index in [1.165, 1.54) is 25.0 Å². The lowest BCUT2D eigenvalue weighted by Gasteiger charge is -2.37. The standard InChI is InChI=1S/C19H33N3O2/c1-3-4-14-21(2)18(23)12-7-13-20-19(24)22-15-8-10-16-9-5-6-11-17(16)22/h11,16H,3-10,12-15H2,1-2H3,(H,20,24). The quantitative estimate of drug-likeness (QED) is 0.724. The number of nitrogens with zero attached hydrogens (tertiary/aromatic N) is 2. The van der Waals surface area contributed by atoms with Crippen LogP contribution in [0.2, 0.25) is 0 Å². The molecule has 2 rings (SSSR count). The minimum Gasteiger partial charge on any atom is -0.346 e. The third kappa shape index (κ3) is 5.25. The van der Waals surface area contributed by atoms with Crippen molar-refractivity contribution in [3.63, 3.8) is 0 Å². The van der Waals surface area contributed by atoms with Crippen molar-refractivity contribution in [2.75, 3.05) is 26.7 Å². The Bertz CT molecular complexity index is 462. The summed E-state index contributed by atoms with van der Waals surface area (Å²) in [6.07, 6.45) is 11.5. The molecule has 3 amide bonds. The van der Waals surface area contributed by atoms with Gasteiger partial charge < -0.3 is 10.2 Å². The number of hydrogen-bond donors (Lipinski definition) is 1. The Kier molecular flexibility index (Phi) is 7.60. The topological polar surface area (TPSA) is 52.7 Å². The summed E-state index contributed by atoms with van der Waals surface area (Å²) in [7, 11) is 1.86. The molecule has 0 bridgehead atoms. The van der Waals surface area contributed by atoms with Crippen LogP contribution < -0.4 is 5.32 Å². The number of hydrogen-bond acceptors (Lipinski definition) is 2. The van der Waals surface area contributed by atoms with E-state index in [4.69, 9.17) is 0 Å². The zero-order chi connectivity index (χ0) is 17.4. The third-order valence-electron chi connectivity index (χ3n) is 5.14. The van der Waals surface area contributed by atoms with Crippen LogP contribution >= 0.6 is 0 Å². The molecule has 1 N–H and O–H groups in total. The largest absolute Gasteiger partial charge is 0.346 e. The van der Waals surface area contributed by atoms with Gasteiger partial charge >= 0.3 is 6.03 Å². The molecule has 0 saturated carbocycles. The lowest BCUT2D eigenvalue weighted by atomic mass is 9.85. The molecule has 0 aromatic heterocycles. The third-order valence-corrected chi connectivity index (χ3v) is 5.14. The van der Waals surface area contributed by atoms with Crippen molar-refractivity contribution >= 4 is 11.9 Å². The highest BCUT2D eigenvalue weighted by Crippen LogP contribution is 2.34. The van der Waals surface area contributed by atoms with Gasteiger partial charge in [0.05, 0.1) is 0 Å². The van der Waals surface area contributed by atoms with Gasteiger partial charge in [-0.1, -0.05) is 19.4 Å². The molecule has 5 nitrogen and oxygen atoms in total. The molecule has 0 radical (unpaired) electrons. The van der Waals surface area contributed by atoms with Crippen LogP contribution in [0.3, 0.4) is 0 Å². The normalized spacial score (nSPS) is 20.2. The first-order valence-electron chi connectivity index (χ1n) is 9.63. The monoisotopic (exact) mass is 335 g/mol. The molecule has 1 aliphatic carbocycles. The number of amides is 3. The lowest BCUT2D eigenvalue weighted by Crippen LogP contribution is -2.45. The van der Waals surface area contributed by atoms with E-state index < -0.39 is 0 Å². The summed E-state index contributed by atoms with van der Waals surface area (Å²) in [6, 6.07) is 0.0136. The van der Waals surface area contributed by atoms with Gasteiger partial charge in [0.15, 0.2) is 0 Å². The van der Waals surface area contributed by atoms with Gasteiger partial charge in [0.2, 0.25) is 5.91 Å². The number of rotatable bonds is 7. The van der Waals surface area contributed by atoms with Crippen LogP contribution in [0.4, 0.5) is 4.79 Å². The second kappa shape index (κ2) is 9.70. The van der Waals surface area contributed by atoms with Crippen molar-refractivity contribution in [2.24, 2.45) is 5.92 Å². The van der Waals surface area contributed by atoms with Crippen molar-refractivity contribution in [3.8, 4) is 0 Å². The zero-order valence-corrected chi connectivity index (χ0v) is 15.4. The van der Waals surface area contributed by atoms with Crippen LogP contribution in [0.1, 0.15) is 64.7 Å². The maximum absolute atomic E-state index is 12.5. The summed E-state index contributed by atoms with van der Waals surface area (Å²) in [4.78, 5) is 28.2. The fourth-order valence-corrected chi connectivity index (χ4v) is 3.64. The van der Waals surface area contributed by atoms with Crippen LogP contribution in [-0.4, -0.2) is 48.4 Å². The lowest BCUT2D eigenvalue weighted by molar-refractivity contribution is -0.130. The Hall–Kier alpha value is -1.52. The van der Waals surface area contributed by atoms with Gasteiger partial charge in [-0.15, -0.1) is 0 Å². The zero-order valence-electron chi connectivity index (χ0n) is 15.4. The van der Waals surface area contributed by atoms with Crippen LogP contribution in [0.15, 0.2) is 11.8 Å². The highest BCUT2D eigenvalue weighted by Gasteiger charge is 2.30. The van der Waals surface area contributed by atoms with Crippen LogP contribution in [0.5, 0.6) is 0 Å². The highest BCUT2D eigenvalue weighted by atomic mass is 16.2. The SMILES string of the molecule is CCCCN(C)C(=O)CCCNC(=O)N1CCCC2CCCC=C21. The highest BCUT2D eigenvalue weighted by molar-refractivity contribution is 5.77. The first-order valence-corrected chi connectivity index (χ1v) is 9.63. The number of piperidine rings is 1. The Morgan fingerprint density at radius 3 is 2.88 bits per heavy atom. The number of nitrogens with one attached hydrogen (secondary N) is 1. The predicted octanol–water partition coefficient (Wildman–Crippen LogP) is 3.51. The molecule has 1 saturated heterocycles. The molecule has 1 fully saturated rings. The molecule has 2 aliphatic rings. The van der Waals surface area contributed by atoms with Gasteiger partial charge in [-0.2, -0.15) is 0 Å². The molecule has 24 heavy (non-hydrogen) atoms. The van der Waals surface area contributed by atoms with E-state index in [1.807, 2.05) is 11.9 Å². The molecule has 1 heterocycles. The van der Waals surface area contributed by atoms with Gasteiger partial charge in [0.25, 0.3) is 0 Å². The van der Waals surface area contributed by atoms with Crippen LogP contribution in [-0.2, 0) is 4.79 Å². The second-order valence-corrected chi connectivity index (χ2v) is 7.06. The summed E-state index contributed by atoms with van der Waals surface area (Å²) in [5, 5.41) is 3.00. The Morgan fingerprint density at radius 2 is 2.08 bits per heavy atom. The average molecular weight is 335 g/mol. The number of allylic oxidation sites excluding steroid dienone is 2. The van der Waals surface area contributed by atoms with Gasteiger partial charge in [0.1, 0.15) is 0 Å². The number of carbonyl (C=O) groups excluding carboxylic acids is 2. The first kappa shape index (κ1) is 18.8. The molecule has 1 unspecified atom stereocenters. The van der Waals surface area contributed by atoms with Crippen LogP contribution in [0, 0.1) is 5.92 Å². The Labute approximate surface area is 146 Å². The Morgan fingerprint density at radius 1 is 1.29 bits per heavy atom. The molecular weight excluding hydrogens is 302 g/mol. The van der Waals surface area contributed by atoms with Crippen molar-refractivity contribution < 1.29 is 9.59 Å². The van der Waals surface area contributed by atoms with E-state index in [0.29, 0.717) is 25.3 Å². The number of unbranched alkanes of at least 4 members (excludes halogenated alkanes) is 1. The predicted molar refractivity (Wildman–Crippen MR) is 96.5 cm³/mol. The summed E-state index contributed by atoms with van der Waals surface area (Å²) in [5.41, 5.74) is 1.24. The van der Waals surface area contributed by atoms with E-state index in [9.17, 15) is 9.59 Å². The number of carbonyl (C=O) groups is 2. The fourth-order valence-electron chi connectivity index (χ4n) is 3.64. The average Bonchev–Trinajstić information content (AvgIpc) is 2.62. The van der Waals surface area contributed by atoms with Gasteiger partial charge in [-0.05, 0) is 50.9 Å². The maximum atomic E-state index is 12.5. The second-order valence-electron chi connectivity index (χ2n) is 7.06. The van der Waals surface area contributed by atoms with Crippen LogP contribution in [0.25, 0.3) is 0 Å². The Balaban J connectivity index is 1.69. The summed E-state index contributed by atoms with van der Waals surface area (Å²) in [6.45, 7) is 4.35. The van der Waals surface area contributed by atoms with E-state index in [-0.39, 0.29) is 11.9 Å². The molecule has 1 atom stereocenters. The molecule has 0 aromatic carbocycles. The molecule has 5 heteroatoms. The van der Waals surface area contributed by atoms with Gasteiger partial charge in [-0.25, -0.2) is 4.79 Å². The minimum atomic E-state index is 0.0136. The summed E-state index contributed by atoms with van der Waals surface area (Å²) in [5.74, 6) is 0.748. The van der Waals surface area contributed by atoms with E-state index >= 15 is 0 Å². The van der Waals surface area contributed by atoms with Crippen molar-refractivity contribution in [1.82, 2.24) is 15.1 Å². The molecular formula is C19H33N3O2. The minimum absolute atomic E-state index is 0.0136. The van der Waals surface area contributed by atoms with E-state index in [1.54, 1.807) is 4.90 Å². The molecule has 0 spiro atoms. The fraction of sp³-hybridized carbons (Fsp3) is 0.789. The number of likely N-dealkylation sites (tertiary alicyclic amines) is 1. The first-order chi connectivity index (χ1) is 11.6. The van der Waals surface area contributed by atoms with Gasteiger partial charge in [-0.3, -0.25) is 9.69 Å². The van der Waals surface area contributed by atoms with Gasteiger partial charge in [0, 0.05) is 38.8 Å². The summed E-state index contributed by atoms with van der Waals surface area (Å²) < 4.78 is 0. The molecule has 0 aromatic rings. The van der Waals surface area contributed by atoms with Crippen molar-refractivity contribution in [2.45, 2.75) is 64.7 Å². The van der Waals surface area contributed by atoms with E-state index in [2.05, 4.69) is 18.3 Å². The van der Waals surface area contributed by atoms with Crippen molar-refractivity contribution in [1.29, 1.82) is 0 Å². The number of fused-ring (bicyclic) bond motifs is 1. The smallest absolute Gasteiger partial charge is 0.321 e. The molecule has 1 aliphatic heterocycles. The van der Waals surface area contributed by atoms with E-state index in [0.717, 1.165) is 38.8 Å². The summed E-state index contributed by atoms with van der Waals surface area (Å²) >= 11 is 0. The molecule has 136 valence electrons. The number of urea groups is 1.